The predicted molar refractivity (Wildman–Crippen MR) is 98.0 cm³/mol. The summed E-state index contributed by atoms with van der Waals surface area (Å²) in [4.78, 5) is 36.0. The predicted octanol–water partition coefficient (Wildman–Crippen LogP) is 2.19. The average Bonchev–Trinajstić information content (AvgIpc) is 2.65. The van der Waals surface area contributed by atoms with Crippen LogP contribution >= 0.6 is 0 Å². The van der Waals surface area contributed by atoms with Crippen molar-refractivity contribution >= 4 is 34.7 Å². The molecule has 0 bridgehead atoms. The zero-order chi connectivity index (χ0) is 18.5. The van der Waals surface area contributed by atoms with E-state index in [0.717, 1.165) is 11.8 Å². The van der Waals surface area contributed by atoms with Gasteiger partial charge < -0.3 is 9.73 Å². The lowest BCUT2D eigenvalue weighted by Gasteiger charge is -2.06. The van der Waals surface area contributed by atoms with E-state index >= 15 is 0 Å². The van der Waals surface area contributed by atoms with Crippen molar-refractivity contribution in [3.05, 3.63) is 76.1 Å². The highest BCUT2D eigenvalue weighted by molar-refractivity contribution is 6.39. The first-order valence-corrected chi connectivity index (χ1v) is 7.77. The molecular weight excluding hydrogens is 334 g/mol. The number of nitrogens with one attached hydrogen (secondary N) is 2. The third kappa shape index (κ3) is 3.67. The summed E-state index contributed by atoms with van der Waals surface area (Å²) in [6.45, 7) is 1.81. The van der Waals surface area contributed by atoms with Crippen molar-refractivity contribution in [2.24, 2.45) is 5.10 Å². The van der Waals surface area contributed by atoms with Crippen LogP contribution in [0, 0.1) is 6.92 Å². The molecule has 3 rings (SSSR count). The van der Waals surface area contributed by atoms with Crippen LogP contribution in [-0.4, -0.2) is 18.0 Å². The lowest BCUT2D eigenvalue weighted by Crippen LogP contribution is -2.32. The van der Waals surface area contributed by atoms with Gasteiger partial charge in [-0.15, -0.1) is 0 Å². The third-order valence-electron chi connectivity index (χ3n) is 3.68. The number of anilines is 1. The van der Waals surface area contributed by atoms with E-state index in [9.17, 15) is 14.4 Å². The number of nitrogens with zero attached hydrogens (tertiary/aromatic N) is 1. The van der Waals surface area contributed by atoms with Gasteiger partial charge in [-0.3, -0.25) is 14.4 Å². The highest BCUT2D eigenvalue weighted by atomic mass is 16.3. The van der Waals surface area contributed by atoms with E-state index in [-0.39, 0.29) is 11.0 Å². The van der Waals surface area contributed by atoms with Crippen molar-refractivity contribution < 1.29 is 14.0 Å². The molecule has 0 spiro atoms. The Morgan fingerprint density at radius 3 is 2.58 bits per heavy atom. The summed E-state index contributed by atoms with van der Waals surface area (Å²) < 4.78 is 5.34. The number of fused-ring (bicyclic) bond motifs is 1. The molecule has 0 radical (unpaired) electrons. The topological polar surface area (TPSA) is 101 Å². The van der Waals surface area contributed by atoms with Crippen molar-refractivity contribution in [1.29, 1.82) is 0 Å². The van der Waals surface area contributed by atoms with Crippen molar-refractivity contribution in [3.63, 3.8) is 0 Å². The molecule has 3 aromatic rings. The minimum Gasteiger partial charge on any atom is -0.463 e. The first-order chi connectivity index (χ1) is 12.6. The minimum absolute atomic E-state index is 0.156. The normalized spacial score (nSPS) is 10.8. The van der Waals surface area contributed by atoms with E-state index in [1.54, 1.807) is 36.4 Å². The van der Waals surface area contributed by atoms with Gasteiger partial charge >= 0.3 is 11.8 Å². The molecule has 2 N–H and O–H groups in total. The number of amides is 2. The second-order valence-corrected chi connectivity index (χ2v) is 5.48. The van der Waals surface area contributed by atoms with Crippen LogP contribution < -0.4 is 16.2 Å². The fourth-order valence-electron chi connectivity index (χ4n) is 2.29. The van der Waals surface area contributed by atoms with Gasteiger partial charge in [0.05, 0.1) is 17.2 Å². The maximum absolute atomic E-state index is 12.3. The van der Waals surface area contributed by atoms with Crippen LogP contribution in [-0.2, 0) is 9.59 Å². The van der Waals surface area contributed by atoms with Crippen LogP contribution in [0.15, 0.2) is 69.1 Å². The number of rotatable bonds is 3. The maximum atomic E-state index is 12.3. The Kier molecular flexibility index (Phi) is 4.89. The molecule has 26 heavy (non-hydrogen) atoms. The molecule has 0 aliphatic carbocycles. The van der Waals surface area contributed by atoms with E-state index in [1.807, 2.05) is 19.1 Å². The molecule has 0 saturated heterocycles. The molecule has 1 aromatic heterocycles. The van der Waals surface area contributed by atoms with Gasteiger partial charge in [-0.2, -0.15) is 5.10 Å². The number of aryl methyl sites for hydroxylation is 1. The van der Waals surface area contributed by atoms with Crippen LogP contribution in [0.1, 0.15) is 11.1 Å². The second kappa shape index (κ2) is 7.43. The summed E-state index contributed by atoms with van der Waals surface area (Å²) in [6.07, 6.45) is 2.38. The van der Waals surface area contributed by atoms with Gasteiger partial charge in [0.2, 0.25) is 5.43 Å². The summed E-state index contributed by atoms with van der Waals surface area (Å²) >= 11 is 0. The highest BCUT2D eigenvalue weighted by Crippen LogP contribution is 2.12. The van der Waals surface area contributed by atoms with Gasteiger partial charge in [-0.05, 0) is 30.7 Å². The number of hydrazone groups is 1. The summed E-state index contributed by atoms with van der Waals surface area (Å²) in [7, 11) is 0. The van der Waals surface area contributed by atoms with E-state index in [0.29, 0.717) is 16.7 Å². The Morgan fingerprint density at radius 1 is 1.04 bits per heavy atom. The van der Waals surface area contributed by atoms with Crippen molar-refractivity contribution in [3.8, 4) is 0 Å². The van der Waals surface area contributed by atoms with Gasteiger partial charge in [0.25, 0.3) is 0 Å². The van der Waals surface area contributed by atoms with Crippen LogP contribution in [0.4, 0.5) is 5.69 Å². The van der Waals surface area contributed by atoms with Crippen LogP contribution in [0.5, 0.6) is 0 Å². The van der Waals surface area contributed by atoms with Crippen molar-refractivity contribution in [2.75, 3.05) is 5.32 Å². The van der Waals surface area contributed by atoms with E-state index < -0.39 is 11.8 Å². The number of carbonyl (C=O) groups is 2. The van der Waals surface area contributed by atoms with Crippen molar-refractivity contribution in [1.82, 2.24) is 5.43 Å². The number of hydrogen-bond donors (Lipinski definition) is 2. The summed E-state index contributed by atoms with van der Waals surface area (Å²) in [6, 6.07) is 13.9. The van der Waals surface area contributed by atoms with E-state index in [2.05, 4.69) is 15.8 Å². The van der Waals surface area contributed by atoms with Crippen molar-refractivity contribution in [2.45, 2.75) is 6.92 Å². The summed E-state index contributed by atoms with van der Waals surface area (Å²) in [5.41, 5.74) is 3.77. The fraction of sp³-hybridized carbons (Fsp3) is 0.0526. The molecule has 0 atom stereocenters. The lowest BCUT2D eigenvalue weighted by atomic mass is 10.2. The molecule has 7 nitrogen and oxygen atoms in total. The average molecular weight is 349 g/mol. The standard InChI is InChI=1S/C19H15N3O4/c1-12-6-2-4-8-15(12)21-18(24)19(25)22-20-10-13-11-26-16-9-5-3-7-14(16)17(13)23/h2-11H,1H3,(H,21,24)(H,22,25)/b20-10+. The maximum Gasteiger partial charge on any atom is 0.329 e. The molecule has 2 aromatic carbocycles. The Labute approximate surface area is 148 Å². The molecule has 0 aliphatic rings. The zero-order valence-corrected chi connectivity index (χ0v) is 13.9. The third-order valence-corrected chi connectivity index (χ3v) is 3.68. The molecule has 7 heteroatoms. The van der Waals surface area contributed by atoms with Crippen LogP contribution in [0.25, 0.3) is 11.0 Å². The number of para-hydroxylation sites is 2. The zero-order valence-electron chi connectivity index (χ0n) is 13.9. The lowest BCUT2D eigenvalue weighted by molar-refractivity contribution is -0.136. The van der Waals surface area contributed by atoms with Crippen LogP contribution in [0.3, 0.4) is 0 Å². The smallest absolute Gasteiger partial charge is 0.329 e. The Bertz CT molecular complexity index is 1070. The molecule has 0 aliphatic heterocycles. The molecule has 130 valence electrons. The fourth-order valence-corrected chi connectivity index (χ4v) is 2.29. The molecule has 0 fully saturated rings. The SMILES string of the molecule is Cc1ccccc1NC(=O)C(=O)N/N=C/c1coc2ccccc2c1=O. The molecular formula is C19H15N3O4. The van der Waals surface area contributed by atoms with Gasteiger partial charge in [0.15, 0.2) is 0 Å². The Morgan fingerprint density at radius 2 is 1.77 bits per heavy atom. The van der Waals surface area contributed by atoms with Crippen LogP contribution in [0.2, 0.25) is 0 Å². The largest absolute Gasteiger partial charge is 0.463 e. The molecule has 2 amide bonds. The summed E-state index contributed by atoms with van der Waals surface area (Å²) in [5, 5.41) is 6.54. The molecule has 0 unspecified atom stereocenters. The molecule has 1 heterocycles. The first-order valence-electron chi connectivity index (χ1n) is 7.77. The second-order valence-electron chi connectivity index (χ2n) is 5.48. The quantitative estimate of drug-likeness (QED) is 0.430. The summed E-state index contributed by atoms with van der Waals surface area (Å²) in [5.74, 6) is -1.81. The van der Waals surface area contributed by atoms with Gasteiger partial charge in [0.1, 0.15) is 11.8 Å². The van der Waals surface area contributed by atoms with Gasteiger partial charge in [-0.1, -0.05) is 30.3 Å². The van der Waals surface area contributed by atoms with Gasteiger partial charge in [0, 0.05) is 5.69 Å². The number of carbonyl (C=O) groups excluding carboxylic acids is 2. The number of benzene rings is 2. The molecule has 0 saturated carbocycles. The van der Waals surface area contributed by atoms with E-state index in [1.165, 1.54) is 6.26 Å². The van der Waals surface area contributed by atoms with E-state index in [4.69, 9.17) is 4.42 Å². The monoisotopic (exact) mass is 349 g/mol. The Hall–Kier alpha value is -3.74. The Balaban J connectivity index is 1.67. The first kappa shape index (κ1) is 17.1. The van der Waals surface area contributed by atoms with Gasteiger partial charge in [-0.25, -0.2) is 5.43 Å². The number of hydrogen-bond acceptors (Lipinski definition) is 5. The highest BCUT2D eigenvalue weighted by Gasteiger charge is 2.13. The minimum atomic E-state index is -0.949.